The highest BCUT2D eigenvalue weighted by Gasteiger charge is 2.46. The largest absolute Gasteiger partial charge is 0.508 e. The number of rotatable bonds is 4. The smallest absolute Gasteiger partial charge is 0.202 e. The van der Waals surface area contributed by atoms with E-state index in [9.17, 15) is 51.1 Å². The van der Waals surface area contributed by atoms with Crippen molar-refractivity contribution in [1.29, 1.82) is 0 Å². The molecular formula is C31H28O13. The van der Waals surface area contributed by atoms with Gasteiger partial charge in [0.1, 0.15) is 40.6 Å². The molecule has 0 saturated carbocycles. The van der Waals surface area contributed by atoms with Gasteiger partial charge in [0, 0.05) is 46.9 Å². The second-order valence-corrected chi connectivity index (χ2v) is 10.7. The molecule has 44 heavy (non-hydrogen) atoms. The summed E-state index contributed by atoms with van der Waals surface area (Å²) in [5.74, 6) is -5.51. The minimum Gasteiger partial charge on any atom is -0.508 e. The van der Waals surface area contributed by atoms with Crippen LogP contribution in [0.4, 0.5) is 0 Å². The van der Waals surface area contributed by atoms with Gasteiger partial charge >= 0.3 is 0 Å². The van der Waals surface area contributed by atoms with Crippen LogP contribution in [-0.2, 0) is 6.42 Å². The van der Waals surface area contributed by atoms with E-state index in [1.807, 2.05) is 0 Å². The number of benzene rings is 4. The molecular weight excluding hydrogens is 580 g/mol. The summed E-state index contributed by atoms with van der Waals surface area (Å²) in [4.78, 5) is 0. The molecule has 0 spiro atoms. The number of phenolic OH excluding ortho intramolecular Hbond substituents is 8. The topological polar surface area (TPSA) is 230 Å². The number of methoxy groups -OCH3 is 1. The first-order chi connectivity index (χ1) is 20.9. The van der Waals surface area contributed by atoms with Crippen LogP contribution in [-0.4, -0.2) is 70.4 Å². The molecule has 6 rings (SSSR count). The molecule has 0 unspecified atom stereocenters. The van der Waals surface area contributed by atoms with E-state index in [0.717, 1.165) is 18.2 Å². The first-order valence-electron chi connectivity index (χ1n) is 13.3. The Morgan fingerprint density at radius 1 is 0.636 bits per heavy atom. The van der Waals surface area contributed by atoms with Crippen molar-refractivity contribution in [2.45, 2.75) is 36.8 Å². The van der Waals surface area contributed by atoms with Crippen molar-refractivity contribution in [3.05, 3.63) is 76.3 Å². The third kappa shape index (κ3) is 4.49. The quantitative estimate of drug-likeness (QED) is 0.150. The molecule has 0 aromatic heterocycles. The van der Waals surface area contributed by atoms with Crippen LogP contribution in [0.1, 0.15) is 45.9 Å². The lowest BCUT2D eigenvalue weighted by molar-refractivity contribution is 0.00113. The van der Waals surface area contributed by atoms with E-state index in [0.29, 0.717) is 0 Å². The number of aliphatic hydroxyl groups is 2. The van der Waals surface area contributed by atoms with E-state index in [2.05, 4.69) is 0 Å². The van der Waals surface area contributed by atoms with Crippen LogP contribution in [0.25, 0.3) is 0 Å². The second kappa shape index (κ2) is 10.4. The zero-order valence-corrected chi connectivity index (χ0v) is 22.9. The lowest BCUT2D eigenvalue weighted by Crippen LogP contribution is -2.36. The van der Waals surface area contributed by atoms with Crippen molar-refractivity contribution in [2.75, 3.05) is 7.11 Å². The van der Waals surface area contributed by atoms with Crippen molar-refractivity contribution in [1.82, 2.24) is 0 Å². The number of hydrogen-bond acceptors (Lipinski definition) is 13. The third-order valence-corrected chi connectivity index (χ3v) is 7.95. The highest BCUT2D eigenvalue weighted by atomic mass is 16.5. The standard InChI is InChI=1S/C31H28O13/c1-42-31-20(38)5-12(6-21(31)39)28-22(40)9-14-16(34)10-19(37)25(30(14)44-28)26-24-18(36)7-13(32)8-23(24)43-29(27(26)41)11-2-3-15(33)17(35)4-11/h2-8,10,22,26-29,32-41H,9H2,1H3/t22-,26-,27-,28-,29-/m1/s1. The molecule has 2 aliphatic rings. The van der Waals surface area contributed by atoms with Gasteiger partial charge in [-0.15, -0.1) is 0 Å². The predicted molar refractivity (Wildman–Crippen MR) is 150 cm³/mol. The molecule has 13 nitrogen and oxygen atoms in total. The molecule has 4 aromatic rings. The Morgan fingerprint density at radius 3 is 1.95 bits per heavy atom. The summed E-state index contributed by atoms with van der Waals surface area (Å²) < 4.78 is 17.1. The Morgan fingerprint density at radius 2 is 1.30 bits per heavy atom. The monoisotopic (exact) mass is 608 g/mol. The van der Waals surface area contributed by atoms with Crippen molar-refractivity contribution in [3.63, 3.8) is 0 Å². The van der Waals surface area contributed by atoms with E-state index in [-0.39, 0.29) is 57.2 Å². The van der Waals surface area contributed by atoms with Crippen molar-refractivity contribution >= 4 is 0 Å². The third-order valence-electron chi connectivity index (χ3n) is 7.95. The molecule has 0 bridgehead atoms. The number of hydrogen-bond donors (Lipinski definition) is 10. The molecule has 0 fully saturated rings. The van der Waals surface area contributed by atoms with Gasteiger partial charge in [0.2, 0.25) is 5.75 Å². The molecule has 4 aromatic carbocycles. The molecule has 0 amide bonds. The Bertz CT molecular complexity index is 1760. The van der Waals surface area contributed by atoms with E-state index in [4.69, 9.17) is 14.2 Å². The summed E-state index contributed by atoms with van der Waals surface area (Å²) in [6.07, 6.45) is -5.72. The number of phenols is 8. The van der Waals surface area contributed by atoms with Gasteiger partial charge < -0.3 is 65.3 Å². The zero-order valence-electron chi connectivity index (χ0n) is 22.9. The van der Waals surface area contributed by atoms with Crippen molar-refractivity contribution in [2.24, 2.45) is 0 Å². The van der Waals surface area contributed by atoms with Crippen molar-refractivity contribution in [3.8, 4) is 63.2 Å². The lowest BCUT2D eigenvalue weighted by atomic mass is 9.77. The average molecular weight is 609 g/mol. The van der Waals surface area contributed by atoms with Crippen LogP contribution in [0.15, 0.2) is 48.5 Å². The van der Waals surface area contributed by atoms with E-state index in [1.54, 1.807) is 0 Å². The molecule has 0 aliphatic carbocycles. The second-order valence-electron chi connectivity index (χ2n) is 10.7. The molecule has 0 radical (unpaired) electrons. The van der Waals surface area contributed by atoms with E-state index in [1.165, 1.54) is 37.4 Å². The van der Waals surface area contributed by atoms with Crippen molar-refractivity contribution < 1.29 is 65.3 Å². The number of aromatic hydroxyl groups is 8. The van der Waals surface area contributed by atoms with Crippen LogP contribution in [0, 0.1) is 0 Å². The maximum atomic E-state index is 11.8. The van der Waals surface area contributed by atoms with E-state index < -0.39 is 70.6 Å². The minimum atomic E-state index is -1.62. The van der Waals surface area contributed by atoms with Gasteiger partial charge in [0.25, 0.3) is 0 Å². The zero-order chi connectivity index (χ0) is 31.6. The van der Waals surface area contributed by atoms with Crippen LogP contribution < -0.4 is 14.2 Å². The maximum absolute atomic E-state index is 11.8. The molecule has 10 N–H and O–H groups in total. The van der Waals surface area contributed by atoms with Crippen LogP contribution in [0.2, 0.25) is 0 Å². The fraction of sp³-hybridized carbons (Fsp3) is 0.226. The summed E-state index contributed by atoms with van der Waals surface area (Å²) in [7, 11) is 1.24. The highest BCUT2D eigenvalue weighted by Crippen LogP contribution is 2.57. The predicted octanol–water partition coefficient (Wildman–Crippen LogP) is 3.00. The first-order valence-corrected chi connectivity index (χ1v) is 13.3. The number of ether oxygens (including phenoxy) is 3. The van der Waals surface area contributed by atoms with Gasteiger partial charge in [0.15, 0.2) is 35.2 Å². The summed E-state index contributed by atoms with van der Waals surface area (Å²) in [6.45, 7) is 0. The number of fused-ring (bicyclic) bond motifs is 2. The van der Waals surface area contributed by atoms with Gasteiger partial charge in [-0.05, 0) is 29.8 Å². The summed E-state index contributed by atoms with van der Waals surface area (Å²) in [5.41, 5.74) is 0.190. The van der Waals surface area contributed by atoms with Crippen LogP contribution in [0.5, 0.6) is 63.2 Å². The Labute approximate surface area is 248 Å². The van der Waals surface area contributed by atoms with Gasteiger partial charge in [-0.25, -0.2) is 0 Å². The minimum absolute atomic E-state index is 0.0521. The fourth-order valence-electron chi connectivity index (χ4n) is 5.98. The number of aliphatic hydroxyl groups excluding tert-OH is 2. The molecule has 5 atom stereocenters. The van der Waals surface area contributed by atoms with Gasteiger partial charge in [0.05, 0.1) is 19.1 Å². The summed E-state index contributed by atoms with van der Waals surface area (Å²) in [6, 6.07) is 9.32. The summed E-state index contributed by atoms with van der Waals surface area (Å²) >= 11 is 0. The normalized spacial score (nSPS) is 22.3. The average Bonchev–Trinajstić information content (AvgIpc) is 2.95. The van der Waals surface area contributed by atoms with Gasteiger partial charge in [-0.1, -0.05) is 6.07 Å². The van der Waals surface area contributed by atoms with Gasteiger partial charge in [-0.2, -0.15) is 0 Å². The lowest BCUT2D eigenvalue weighted by Gasteiger charge is -2.40. The SMILES string of the molecule is COc1c(O)cc([C@H]2Oc3c(c(O)cc(O)c3[C@H]3c4c(O)cc(O)cc4O[C@H](c4ccc(O)c(O)c4)[C@@H]3O)C[C@H]2O)cc1O. The molecule has 230 valence electrons. The maximum Gasteiger partial charge on any atom is 0.202 e. The van der Waals surface area contributed by atoms with Gasteiger partial charge in [-0.3, -0.25) is 0 Å². The van der Waals surface area contributed by atoms with Crippen LogP contribution >= 0.6 is 0 Å². The van der Waals surface area contributed by atoms with Crippen LogP contribution in [0.3, 0.4) is 0 Å². The first kappa shape index (κ1) is 28.7. The van der Waals surface area contributed by atoms with E-state index >= 15 is 0 Å². The molecule has 0 saturated heterocycles. The molecule has 2 aliphatic heterocycles. The Hall–Kier alpha value is -5.40. The molecule has 2 heterocycles. The molecule has 13 heteroatoms. The Kier molecular flexibility index (Phi) is 6.78. The highest BCUT2D eigenvalue weighted by molar-refractivity contribution is 5.66. The summed E-state index contributed by atoms with van der Waals surface area (Å²) in [5, 5.41) is 107. The fourth-order valence-corrected chi connectivity index (χ4v) is 5.98. The Balaban J connectivity index is 1.55.